The van der Waals surface area contributed by atoms with Gasteiger partial charge in [0.25, 0.3) is 0 Å². The Morgan fingerprint density at radius 1 is 0.611 bits per heavy atom. The van der Waals surface area contributed by atoms with Gasteiger partial charge in [0.1, 0.15) is 0 Å². The monoisotopic (exact) mass is 252 g/mol. The summed E-state index contributed by atoms with van der Waals surface area (Å²) < 4.78 is 0. The first-order chi connectivity index (χ1) is 8.85. The molecule has 0 aromatic rings. The summed E-state index contributed by atoms with van der Waals surface area (Å²) in [6, 6.07) is 0. The van der Waals surface area contributed by atoms with E-state index in [0.717, 1.165) is 0 Å². The first-order valence-corrected chi connectivity index (χ1v) is 8.53. The van der Waals surface area contributed by atoms with Gasteiger partial charge in [-0.3, -0.25) is 0 Å². The van der Waals surface area contributed by atoms with E-state index in [2.05, 4.69) is 26.8 Å². The number of unbranched alkanes of at least 4 members (excludes halogenated alkanes) is 8. The molecule has 0 aliphatic heterocycles. The summed E-state index contributed by atoms with van der Waals surface area (Å²) in [4.78, 5) is 0. The molecule has 0 aromatic carbocycles. The fourth-order valence-corrected chi connectivity index (χ4v) is 2.48. The van der Waals surface area contributed by atoms with Crippen LogP contribution in [0.4, 0.5) is 0 Å². The molecular weight excluding hydrogens is 216 g/mol. The topological polar surface area (TPSA) is 0 Å². The summed E-state index contributed by atoms with van der Waals surface area (Å²) in [7, 11) is 0. The van der Waals surface area contributed by atoms with Gasteiger partial charge in [-0.15, -0.1) is 0 Å². The Hall–Kier alpha value is -0.260. The van der Waals surface area contributed by atoms with Gasteiger partial charge in [-0.05, 0) is 25.7 Å². The highest BCUT2D eigenvalue weighted by Crippen LogP contribution is 2.17. The van der Waals surface area contributed by atoms with Crippen LogP contribution in [0.1, 0.15) is 104 Å². The average molecular weight is 252 g/mol. The van der Waals surface area contributed by atoms with Gasteiger partial charge in [0, 0.05) is 0 Å². The summed E-state index contributed by atoms with van der Waals surface area (Å²) in [5, 5.41) is 0. The summed E-state index contributed by atoms with van der Waals surface area (Å²) in [6.07, 6.45) is 20.6. The fraction of sp³-hybridized carbons (Fsp3) is 0.889. The first kappa shape index (κ1) is 17.7. The average Bonchev–Trinajstić information content (AvgIpc) is 2.39. The second-order valence-corrected chi connectivity index (χ2v) is 5.63. The second-order valence-electron chi connectivity index (χ2n) is 5.63. The van der Waals surface area contributed by atoms with Gasteiger partial charge in [-0.1, -0.05) is 90.2 Å². The molecule has 0 aliphatic rings. The van der Waals surface area contributed by atoms with Gasteiger partial charge in [0.15, 0.2) is 0 Å². The molecule has 0 spiro atoms. The molecule has 0 unspecified atom stereocenters. The summed E-state index contributed by atoms with van der Waals surface area (Å²) in [6.45, 7) is 6.86. The quantitative estimate of drug-likeness (QED) is 0.243. The van der Waals surface area contributed by atoms with Crippen LogP contribution >= 0.6 is 0 Å². The lowest BCUT2D eigenvalue weighted by Crippen LogP contribution is -1.86. The standard InChI is InChI=1S/C18H36/c1-4-7-9-10-11-12-13-14-17-18(15-6-3)16-8-5-2/h16H,4-15,17H2,1-3H3/b18-16-. The van der Waals surface area contributed by atoms with Crippen LogP contribution in [0.15, 0.2) is 11.6 Å². The molecule has 0 aromatic heterocycles. The van der Waals surface area contributed by atoms with Gasteiger partial charge in [0.2, 0.25) is 0 Å². The van der Waals surface area contributed by atoms with E-state index in [9.17, 15) is 0 Å². The maximum atomic E-state index is 2.50. The Labute approximate surface area is 116 Å². The fourth-order valence-electron chi connectivity index (χ4n) is 2.48. The molecule has 0 nitrogen and oxygen atoms in total. The predicted molar refractivity (Wildman–Crippen MR) is 85.1 cm³/mol. The zero-order valence-corrected chi connectivity index (χ0v) is 13.3. The molecule has 18 heavy (non-hydrogen) atoms. The third kappa shape index (κ3) is 12.2. The van der Waals surface area contributed by atoms with Crippen molar-refractivity contribution in [2.45, 2.75) is 104 Å². The van der Waals surface area contributed by atoms with Crippen molar-refractivity contribution in [1.82, 2.24) is 0 Å². The van der Waals surface area contributed by atoms with E-state index in [0.29, 0.717) is 0 Å². The van der Waals surface area contributed by atoms with Gasteiger partial charge >= 0.3 is 0 Å². The molecular formula is C18H36. The smallest absolute Gasteiger partial charge is 0.0320 e. The molecule has 0 rings (SSSR count). The molecule has 0 aliphatic carbocycles. The Kier molecular flexibility index (Phi) is 14.6. The molecule has 0 N–H and O–H groups in total. The number of allylic oxidation sites excluding steroid dienone is 2. The van der Waals surface area contributed by atoms with Crippen LogP contribution in [0.2, 0.25) is 0 Å². The van der Waals surface area contributed by atoms with Gasteiger partial charge < -0.3 is 0 Å². The lowest BCUT2D eigenvalue weighted by atomic mass is 10.0. The van der Waals surface area contributed by atoms with E-state index in [4.69, 9.17) is 0 Å². The molecule has 0 saturated heterocycles. The number of hydrogen-bond donors (Lipinski definition) is 0. The third-order valence-electron chi connectivity index (χ3n) is 3.64. The Balaban J connectivity index is 3.43. The molecule has 0 amide bonds. The minimum absolute atomic E-state index is 1.28. The van der Waals surface area contributed by atoms with Gasteiger partial charge in [-0.25, -0.2) is 0 Å². The first-order valence-electron chi connectivity index (χ1n) is 8.53. The SMILES string of the molecule is CCC/C=C(/CCC)CCCCCCCCCC. The van der Waals surface area contributed by atoms with Crippen molar-refractivity contribution in [3.8, 4) is 0 Å². The van der Waals surface area contributed by atoms with Crippen molar-refractivity contribution in [2.24, 2.45) is 0 Å². The molecule has 108 valence electrons. The minimum atomic E-state index is 1.28. The largest absolute Gasteiger partial charge is 0.0853 e. The summed E-state index contributed by atoms with van der Waals surface area (Å²) in [5.41, 5.74) is 1.73. The number of hydrogen-bond acceptors (Lipinski definition) is 0. The van der Waals surface area contributed by atoms with Crippen LogP contribution in [0.25, 0.3) is 0 Å². The van der Waals surface area contributed by atoms with Crippen LogP contribution in [0.5, 0.6) is 0 Å². The Morgan fingerprint density at radius 3 is 1.78 bits per heavy atom. The molecule has 0 bridgehead atoms. The lowest BCUT2D eigenvalue weighted by molar-refractivity contribution is 0.572. The van der Waals surface area contributed by atoms with E-state index in [1.54, 1.807) is 5.57 Å². The highest BCUT2D eigenvalue weighted by molar-refractivity contribution is 5.01. The zero-order valence-electron chi connectivity index (χ0n) is 13.3. The number of rotatable bonds is 13. The van der Waals surface area contributed by atoms with Crippen LogP contribution in [-0.4, -0.2) is 0 Å². The van der Waals surface area contributed by atoms with Gasteiger partial charge in [-0.2, -0.15) is 0 Å². The van der Waals surface area contributed by atoms with E-state index in [1.807, 2.05) is 0 Å². The molecule has 0 heteroatoms. The molecule has 0 fully saturated rings. The lowest BCUT2D eigenvalue weighted by Gasteiger charge is -2.06. The van der Waals surface area contributed by atoms with Crippen molar-refractivity contribution in [3.63, 3.8) is 0 Å². The van der Waals surface area contributed by atoms with Crippen LogP contribution < -0.4 is 0 Å². The van der Waals surface area contributed by atoms with Crippen LogP contribution in [-0.2, 0) is 0 Å². The molecule has 0 atom stereocenters. The third-order valence-corrected chi connectivity index (χ3v) is 3.64. The van der Waals surface area contributed by atoms with Crippen molar-refractivity contribution in [3.05, 3.63) is 11.6 Å². The predicted octanol–water partition coefficient (Wildman–Crippen LogP) is 7.04. The van der Waals surface area contributed by atoms with Crippen LogP contribution in [0.3, 0.4) is 0 Å². The van der Waals surface area contributed by atoms with Crippen molar-refractivity contribution in [2.75, 3.05) is 0 Å². The summed E-state index contributed by atoms with van der Waals surface area (Å²) >= 11 is 0. The second kappa shape index (κ2) is 14.8. The minimum Gasteiger partial charge on any atom is -0.0853 e. The zero-order chi connectivity index (χ0) is 13.5. The molecule has 0 saturated carbocycles. The van der Waals surface area contributed by atoms with Crippen molar-refractivity contribution in [1.29, 1.82) is 0 Å². The van der Waals surface area contributed by atoms with E-state index in [1.165, 1.54) is 83.5 Å². The van der Waals surface area contributed by atoms with E-state index in [-0.39, 0.29) is 0 Å². The molecule has 0 radical (unpaired) electrons. The normalized spacial score (nSPS) is 12.1. The Morgan fingerprint density at radius 2 is 1.22 bits per heavy atom. The highest BCUT2D eigenvalue weighted by atomic mass is 14.0. The maximum Gasteiger partial charge on any atom is -0.0320 e. The van der Waals surface area contributed by atoms with Crippen LogP contribution in [0, 0.1) is 0 Å². The van der Waals surface area contributed by atoms with E-state index >= 15 is 0 Å². The maximum absolute atomic E-state index is 2.50. The molecule has 0 heterocycles. The van der Waals surface area contributed by atoms with E-state index < -0.39 is 0 Å². The van der Waals surface area contributed by atoms with Crippen molar-refractivity contribution < 1.29 is 0 Å². The summed E-state index contributed by atoms with van der Waals surface area (Å²) in [5.74, 6) is 0. The Bertz CT molecular complexity index is 178. The van der Waals surface area contributed by atoms with Crippen molar-refractivity contribution >= 4 is 0 Å². The highest BCUT2D eigenvalue weighted by Gasteiger charge is 1.97. The van der Waals surface area contributed by atoms with Gasteiger partial charge in [0.05, 0.1) is 0 Å².